The maximum Gasteiger partial charge on any atom is 0.257 e. The fourth-order valence-electron chi connectivity index (χ4n) is 2.86. The van der Waals surface area contributed by atoms with Crippen LogP contribution in [-0.4, -0.2) is 48.8 Å². The van der Waals surface area contributed by atoms with Crippen molar-refractivity contribution in [2.75, 3.05) is 32.1 Å². The van der Waals surface area contributed by atoms with Gasteiger partial charge in [0.15, 0.2) is 5.75 Å². The van der Waals surface area contributed by atoms with Gasteiger partial charge in [-0.1, -0.05) is 6.07 Å². The van der Waals surface area contributed by atoms with Crippen LogP contribution >= 0.6 is 0 Å². The number of benzene rings is 1. The Labute approximate surface area is 118 Å². The number of carbonyl (C=O) groups excluding carboxylic acids is 1. The maximum atomic E-state index is 12.5. The maximum absolute atomic E-state index is 12.5. The smallest absolute Gasteiger partial charge is 0.257 e. The minimum atomic E-state index is -0.180. The van der Waals surface area contributed by atoms with Crippen LogP contribution in [-0.2, 0) is 0 Å². The summed E-state index contributed by atoms with van der Waals surface area (Å²) in [6, 6.07) is 5.60. The Morgan fingerprint density at radius 1 is 1.50 bits per heavy atom. The summed E-state index contributed by atoms with van der Waals surface area (Å²) in [4.78, 5) is 14.3. The van der Waals surface area contributed by atoms with E-state index in [9.17, 15) is 9.90 Å². The first-order chi connectivity index (χ1) is 9.65. The van der Waals surface area contributed by atoms with Crippen LogP contribution in [0.25, 0.3) is 0 Å². The molecule has 0 spiro atoms. The number of hydrogen-bond donors (Lipinski definition) is 2. The van der Waals surface area contributed by atoms with Crippen molar-refractivity contribution >= 4 is 11.6 Å². The fraction of sp³-hybridized carbons (Fsp3) is 0.533. The van der Waals surface area contributed by atoms with E-state index in [1.165, 1.54) is 0 Å². The quantitative estimate of drug-likeness (QED) is 0.874. The molecule has 0 bridgehead atoms. The first-order valence-electron chi connectivity index (χ1n) is 7.08. The molecule has 1 aliphatic carbocycles. The van der Waals surface area contributed by atoms with Gasteiger partial charge in [-0.2, -0.15) is 0 Å². The number of hydrogen-bond acceptors (Lipinski definition) is 4. The second kappa shape index (κ2) is 5.32. The highest BCUT2D eigenvalue weighted by atomic mass is 16.5. The number of anilines is 1. The molecule has 0 unspecified atom stereocenters. The molecule has 2 N–H and O–H groups in total. The molecule has 1 fully saturated rings. The van der Waals surface area contributed by atoms with Gasteiger partial charge in [-0.15, -0.1) is 0 Å². The number of carbonyl (C=O) groups is 1. The Balaban J connectivity index is 1.73. The molecule has 5 nitrogen and oxygen atoms in total. The summed E-state index contributed by atoms with van der Waals surface area (Å²) in [6.45, 7) is 2.03. The van der Waals surface area contributed by atoms with Gasteiger partial charge in [0.25, 0.3) is 5.91 Å². The van der Waals surface area contributed by atoms with E-state index in [-0.39, 0.29) is 12.0 Å². The van der Waals surface area contributed by atoms with Crippen LogP contribution in [0.1, 0.15) is 23.2 Å². The van der Waals surface area contributed by atoms with Gasteiger partial charge in [-0.25, -0.2) is 0 Å². The molecule has 5 heteroatoms. The van der Waals surface area contributed by atoms with Gasteiger partial charge in [-0.05, 0) is 30.9 Å². The zero-order valence-electron chi connectivity index (χ0n) is 11.6. The van der Waals surface area contributed by atoms with Crippen molar-refractivity contribution in [1.29, 1.82) is 0 Å². The van der Waals surface area contributed by atoms with Gasteiger partial charge in [0, 0.05) is 20.1 Å². The topological polar surface area (TPSA) is 61.8 Å². The third-order valence-electron chi connectivity index (χ3n) is 4.00. The van der Waals surface area contributed by atoms with E-state index in [0.29, 0.717) is 30.4 Å². The summed E-state index contributed by atoms with van der Waals surface area (Å²) >= 11 is 0. The van der Waals surface area contributed by atoms with Crippen LogP contribution < -0.4 is 10.1 Å². The zero-order valence-corrected chi connectivity index (χ0v) is 11.6. The van der Waals surface area contributed by atoms with E-state index in [4.69, 9.17) is 4.74 Å². The van der Waals surface area contributed by atoms with Crippen LogP contribution in [0.4, 0.5) is 5.69 Å². The SMILES string of the molecule is CN(CC1CC(O)C1)C(=O)c1cccc2c1OCCN2. The van der Waals surface area contributed by atoms with Crippen molar-refractivity contribution in [3.63, 3.8) is 0 Å². The van der Waals surface area contributed by atoms with E-state index in [0.717, 1.165) is 25.1 Å². The molecule has 0 atom stereocenters. The molecule has 108 valence electrons. The lowest BCUT2D eigenvalue weighted by molar-refractivity contribution is 0.0264. The van der Waals surface area contributed by atoms with Crippen LogP contribution in [0.2, 0.25) is 0 Å². The van der Waals surface area contributed by atoms with Crippen molar-refractivity contribution in [3.05, 3.63) is 23.8 Å². The molecule has 3 rings (SSSR count). The summed E-state index contributed by atoms with van der Waals surface area (Å²) in [7, 11) is 1.81. The normalized spacial score (nSPS) is 23.9. The predicted molar refractivity (Wildman–Crippen MR) is 76.1 cm³/mol. The third kappa shape index (κ3) is 2.45. The lowest BCUT2D eigenvalue weighted by Gasteiger charge is -2.34. The van der Waals surface area contributed by atoms with Crippen molar-refractivity contribution in [2.45, 2.75) is 18.9 Å². The van der Waals surface area contributed by atoms with E-state index in [1.54, 1.807) is 11.0 Å². The van der Waals surface area contributed by atoms with Gasteiger partial charge >= 0.3 is 0 Å². The molecule has 1 amide bonds. The molecule has 0 aromatic heterocycles. The van der Waals surface area contributed by atoms with Gasteiger partial charge in [0.2, 0.25) is 0 Å². The zero-order chi connectivity index (χ0) is 14.1. The predicted octanol–water partition coefficient (Wildman–Crippen LogP) is 1.33. The number of fused-ring (bicyclic) bond motifs is 1. The minimum absolute atomic E-state index is 0.0214. The molecule has 20 heavy (non-hydrogen) atoms. The number of para-hydroxylation sites is 1. The molecular weight excluding hydrogens is 256 g/mol. The lowest BCUT2D eigenvalue weighted by Crippen LogP contribution is -2.39. The highest BCUT2D eigenvalue weighted by Crippen LogP contribution is 2.33. The van der Waals surface area contributed by atoms with Crippen LogP contribution in [0.3, 0.4) is 0 Å². The first kappa shape index (κ1) is 13.2. The molecule has 2 aliphatic rings. The van der Waals surface area contributed by atoms with Crippen molar-refractivity contribution < 1.29 is 14.6 Å². The number of amides is 1. The molecule has 1 heterocycles. The summed E-state index contributed by atoms with van der Waals surface area (Å²) in [5, 5.41) is 12.6. The van der Waals surface area contributed by atoms with E-state index >= 15 is 0 Å². The van der Waals surface area contributed by atoms with Crippen molar-refractivity contribution in [2.24, 2.45) is 5.92 Å². The second-order valence-corrected chi connectivity index (χ2v) is 5.63. The number of nitrogens with zero attached hydrogens (tertiary/aromatic N) is 1. The second-order valence-electron chi connectivity index (χ2n) is 5.63. The number of aliphatic hydroxyl groups is 1. The van der Waals surface area contributed by atoms with Crippen LogP contribution in [0.5, 0.6) is 5.75 Å². The van der Waals surface area contributed by atoms with Crippen molar-refractivity contribution in [3.8, 4) is 5.75 Å². The van der Waals surface area contributed by atoms with E-state index in [2.05, 4.69) is 5.32 Å². The van der Waals surface area contributed by atoms with Crippen LogP contribution in [0, 0.1) is 5.92 Å². The molecule has 0 radical (unpaired) electrons. The Kier molecular flexibility index (Phi) is 3.53. The standard InChI is InChI=1S/C15H20N2O3/c1-17(9-10-7-11(18)8-10)15(19)12-3-2-4-13-14(12)20-6-5-16-13/h2-4,10-11,16,18H,5-9H2,1H3. The summed E-state index contributed by atoms with van der Waals surface area (Å²) < 4.78 is 5.64. The third-order valence-corrected chi connectivity index (χ3v) is 4.00. The van der Waals surface area contributed by atoms with Crippen molar-refractivity contribution in [1.82, 2.24) is 4.90 Å². The average molecular weight is 276 g/mol. The van der Waals surface area contributed by atoms with Gasteiger partial charge in [-0.3, -0.25) is 4.79 Å². The molecule has 1 saturated carbocycles. The highest BCUT2D eigenvalue weighted by Gasteiger charge is 2.30. The first-order valence-corrected chi connectivity index (χ1v) is 7.08. The summed E-state index contributed by atoms with van der Waals surface area (Å²) in [5.74, 6) is 1.05. The number of nitrogens with one attached hydrogen (secondary N) is 1. The number of rotatable bonds is 3. The molecule has 1 aromatic carbocycles. The monoisotopic (exact) mass is 276 g/mol. The molecule has 1 aliphatic heterocycles. The van der Waals surface area contributed by atoms with E-state index < -0.39 is 0 Å². The molecule has 0 saturated heterocycles. The van der Waals surface area contributed by atoms with E-state index in [1.807, 2.05) is 19.2 Å². The Morgan fingerprint density at radius 2 is 2.30 bits per heavy atom. The van der Waals surface area contributed by atoms with Gasteiger partial charge in [0.05, 0.1) is 17.4 Å². The van der Waals surface area contributed by atoms with Gasteiger partial charge in [0.1, 0.15) is 6.61 Å². The molecule has 1 aromatic rings. The highest BCUT2D eigenvalue weighted by molar-refractivity contribution is 5.98. The van der Waals surface area contributed by atoms with Crippen LogP contribution in [0.15, 0.2) is 18.2 Å². The van der Waals surface area contributed by atoms with Gasteiger partial charge < -0.3 is 20.1 Å². The fourth-order valence-corrected chi connectivity index (χ4v) is 2.86. The summed E-state index contributed by atoms with van der Waals surface area (Å²) in [6.07, 6.45) is 1.41. The number of aliphatic hydroxyl groups excluding tert-OH is 1. The Morgan fingerprint density at radius 3 is 3.05 bits per heavy atom. The molecular formula is C15H20N2O3. The number of ether oxygens (including phenoxy) is 1. The largest absolute Gasteiger partial charge is 0.489 e. The average Bonchev–Trinajstić information content (AvgIpc) is 2.44. The lowest BCUT2D eigenvalue weighted by atomic mass is 9.82. The minimum Gasteiger partial charge on any atom is -0.489 e. The Hall–Kier alpha value is -1.75. The Bertz CT molecular complexity index is 512. The summed E-state index contributed by atoms with van der Waals surface area (Å²) in [5.41, 5.74) is 1.49.